The van der Waals surface area contributed by atoms with Gasteiger partial charge in [0.25, 0.3) is 0 Å². The van der Waals surface area contributed by atoms with Crippen LogP contribution in [0, 0.1) is 5.82 Å². The average molecular weight is 433 g/mol. The van der Waals surface area contributed by atoms with Gasteiger partial charge in [-0.15, -0.1) is 0 Å². The molecule has 1 saturated heterocycles. The number of aliphatic hydroxyl groups excluding tert-OH is 1. The molecule has 2 unspecified atom stereocenters. The van der Waals surface area contributed by atoms with Crippen LogP contribution in [0.1, 0.15) is 12.5 Å². The molecule has 0 aromatic heterocycles. The molecular weight excluding hydrogens is 399 g/mol. The third-order valence-electron chi connectivity index (χ3n) is 5.73. The zero-order valence-electron chi connectivity index (χ0n) is 18.6. The Labute approximate surface area is 184 Å². The molecule has 2 atom stereocenters. The number of β-amino-alcohol motifs (C(OH)–C–C–N with tert-alkyl or cyclic N) is 1. The van der Waals surface area contributed by atoms with Gasteiger partial charge in [0, 0.05) is 38.8 Å². The molecular formula is C24H33FN2O4. The van der Waals surface area contributed by atoms with E-state index in [-0.39, 0.29) is 12.4 Å². The Morgan fingerprint density at radius 1 is 1.06 bits per heavy atom. The van der Waals surface area contributed by atoms with Crippen LogP contribution in [0.5, 0.6) is 17.2 Å². The third kappa shape index (κ3) is 6.56. The Morgan fingerprint density at radius 3 is 2.55 bits per heavy atom. The van der Waals surface area contributed by atoms with Crippen LogP contribution >= 0.6 is 0 Å². The van der Waals surface area contributed by atoms with Crippen LogP contribution in [-0.4, -0.2) is 80.6 Å². The van der Waals surface area contributed by atoms with E-state index in [1.807, 2.05) is 12.1 Å². The van der Waals surface area contributed by atoms with Crippen molar-refractivity contribution < 1.29 is 23.7 Å². The molecule has 1 N–H and O–H groups in total. The minimum Gasteiger partial charge on any atom is -0.493 e. The molecule has 1 heterocycles. The zero-order chi connectivity index (χ0) is 22.2. The molecule has 1 aliphatic rings. The van der Waals surface area contributed by atoms with Crippen LogP contribution < -0.4 is 14.2 Å². The lowest BCUT2D eigenvalue weighted by Gasteiger charge is -2.40. The predicted octanol–water partition coefficient (Wildman–Crippen LogP) is 2.83. The highest BCUT2D eigenvalue weighted by atomic mass is 19.1. The van der Waals surface area contributed by atoms with E-state index in [1.54, 1.807) is 32.4 Å². The molecule has 2 aromatic rings. The number of methoxy groups -OCH3 is 2. The van der Waals surface area contributed by atoms with Crippen LogP contribution in [0.3, 0.4) is 0 Å². The Hall–Kier alpha value is -2.35. The van der Waals surface area contributed by atoms with E-state index in [0.29, 0.717) is 12.6 Å². The van der Waals surface area contributed by atoms with Crippen LogP contribution in [0.2, 0.25) is 0 Å². The van der Waals surface area contributed by atoms with Gasteiger partial charge in [0.15, 0.2) is 23.1 Å². The van der Waals surface area contributed by atoms with Crippen LogP contribution in [0.25, 0.3) is 0 Å². The summed E-state index contributed by atoms with van der Waals surface area (Å²) in [4.78, 5) is 4.71. The zero-order valence-corrected chi connectivity index (χ0v) is 18.6. The minimum atomic E-state index is -0.666. The summed E-state index contributed by atoms with van der Waals surface area (Å²) in [6, 6.07) is 12.6. The van der Waals surface area contributed by atoms with Crippen molar-refractivity contribution in [3.05, 3.63) is 53.8 Å². The summed E-state index contributed by atoms with van der Waals surface area (Å²) in [5.41, 5.74) is 1.22. The van der Waals surface area contributed by atoms with Gasteiger partial charge in [-0.3, -0.25) is 4.90 Å². The summed E-state index contributed by atoms with van der Waals surface area (Å²) in [6.07, 6.45) is 0.270. The van der Waals surface area contributed by atoms with Crippen molar-refractivity contribution >= 4 is 0 Å². The molecule has 31 heavy (non-hydrogen) atoms. The molecule has 0 radical (unpaired) electrons. The van der Waals surface area contributed by atoms with E-state index in [9.17, 15) is 9.50 Å². The number of benzene rings is 2. The molecule has 0 saturated carbocycles. The first-order valence-corrected chi connectivity index (χ1v) is 10.7. The van der Waals surface area contributed by atoms with Crippen molar-refractivity contribution in [2.75, 3.05) is 53.6 Å². The fourth-order valence-electron chi connectivity index (χ4n) is 3.94. The highest BCUT2D eigenvalue weighted by molar-refractivity contribution is 5.42. The lowest BCUT2D eigenvalue weighted by atomic mass is 10.1. The fraction of sp³-hybridized carbons (Fsp3) is 0.500. The summed E-state index contributed by atoms with van der Waals surface area (Å²) >= 11 is 0. The van der Waals surface area contributed by atoms with E-state index in [2.05, 4.69) is 22.8 Å². The Balaban J connectivity index is 1.42. The number of hydrogen-bond donors (Lipinski definition) is 1. The molecule has 6 nitrogen and oxygen atoms in total. The normalized spacial score (nSPS) is 18.5. The maximum atomic E-state index is 13.6. The molecule has 7 heteroatoms. The first kappa shape index (κ1) is 23.3. The van der Waals surface area contributed by atoms with Crippen molar-refractivity contribution in [2.45, 2.75) is 25.5 Å². The first-order chi connectivity index (χ1) is 15.0. The monoisotopic (exact) mass is 432 g/mol. The molecule has 0 spiro atoms. The van der Waals surface area contributed by atoms with Gasteiger partial charge in [-0.05, 0) is 43.2 Å². The van der Waals surface area contributed by atoms with Gasteiger partial charge in [0.05, 0.1) is 14.2 Å². The number of halogens is 1. The number of rotatable bonds is 10. The number of para-hydroxylation sites is 1. The Kier molecular flexibility index (Phi) is 8.51. The topological polar surface area (TPSA) is 54.4 Å². The molecule has 0 aliphatic carbocycles. The minimum absolute atomic E-state index is 0.0766. The van der Waals surface area contributed by atoms with Gasteiger partial charge in [0.2, 0.25) is 0 Å². The molecule has 0 amide bonds. The molecule has 1 aliphatic heterocycles. The van der Waals surface area contributed by atoms with Crippen molar-refractivity contribution in [2.24, 2.45) is 0 Å². The summed E-state index contributed by atoms with van der Waals surface area (Å²) < 4.78 is 29.8. The number of aliphatic hydroxyl groups is 1. The quantitative estimate of drug-likeness (QED) is 0.623. The maximum Gasteiger partial charge on any atom is 0.165 e. The lowest BCUT2D eigenvalue weighted by Crippen LogP contribution is -2.54. The number of piperazine rings is 1. The third-order valence-corrected chi connectivity index (χ3v) is 5.73. The average Bonchev–Trinajstić information content (AvgIpc) is 2.78. The fourth-order valence-corrected chi connectivity index (χ4v) is 3.94. The smallest absolute Gasteiger partial charge is 0.165 e. The second-order valence-electron chi connectivity index (χ2n) is 7.98. The Bertz CT molecular complexity index is 835. The van der Waals surface area contributed by atoms with Gasteiger partial charge in [-0.2, -0.15) is 0 Å². The second kappa shape index (κ2) is 11.3. The number of nitrogens with zero attached hydrogens (tertiary/aromatic N) is 2. The standard InChI is InChI=1S/C24H33FN2O4/c1-18-15-26(11-10-19-8-9-23(29-2)24(14-19)30-3)12-13-27(18)16-20(28)17-31-22-7-5-4-6-21(22)25/h4-9,14,18,20,28H,10-13,15-17H2,1-3H3. The van der Waals surface area contributed by atoms with Crippen LogP contribution in [0.4, 0.5) is 4.39 Å². The van der Waals surface area contributed by atoms with Gasteiger partial charge < -0.3 is 24.2 Å². The van der Waals surface area contributed by atoms with E-state index < -0.39 is 11.9 Å². The number of ether oxygens (including phenoxy) is 3. The SMILES string of the molecule is COc1ccc(CCN2CCN(CC(O)COc3ccccc3F)C(C)C2)cc1OC. The molecule has 3 rings (SSSR count). The van der Waals surface area contributed by atoms with Crippen molar-refractivity contribution in [1.29, 1.82) is 0 Å². The van der Waals surface area contributed by atoms with Crippen molar-refractivity contribution in [3.8, 4) is 17.2 Å². The Morgan fingerprint density at radius 2 is 1.84 bits per heavy atom. The van der Waals surface area contributed by atoms with E-state index in [0.717, 1.165) is 44.1 Å². The van der Waals surface area contributed by atoms with Crippen LogP contribution in [-0.2, 0) is 6.42 Å². The van der Waals surface area contributed by atoms with Gasteiger partial charge in [-0.25, -0.2) is 4.39 Å². The first-order valence-electron chi connectivity index (χ1n) is 10.7. The molecule has 2 aromatic carbocycles. The van der Waals surface area contributed by atoms with Crippen LogP contribution in [0.15, 0.2) is 42.5 Å². The summed E-state index contributed by atoms with van der Waals surface area (Å²) in [5, 5.41) is 10.4. The van der Waals surface area contributed by atoms with Gasteiger partial charge in [0.1, 0.15) is 12.7 Å². The summed E-state index contributed by atoms with van der Waals surface area (Å²) in [6.45, 7) is 6.49. The molecule has 1 fully saturated rings. The number of hydrogen-bond acceptors (Lipinski definition) is 6. The predicted molar refractivity (Wildman–Crippen MR) is 119 cm³/mol. The maximum absolute atomic E-state index is 13.6. The highest BCUT2D eigenvalue weighted by Gasteiger charge is 2.25. The molecule has 170 valence electrons. The molecule has 0 bridgehead atoms. The van der Waals surface area contributed by atoms with E-state index in [1.165, 1.54) is 11.6 Å². The highest BCUT2D eigenvalue weighted by Crippen LogP contribution is 2.27. The van der Waals surface area contributed by atoms with Crippen molar-refractivity contribution in [1.82, 2.24) is 9.80 Å². The van der Waals surface area contributed by atoms with Crippen molar-refractivity contribution in [3.63, 3.8) is 0 Å². The van der Waals surface area contributed by atoms with Gasteiger partial charge >= 0.3 is 0 Å². The summed E-state index contributed by atoms with van der Waals surface area (Å²) in [7, 11) is 3.29. The lowest BCUT2D eigenvalue weighted by molar-refractivity contribution is 0.0212. The summed E-state index contributed by atoms with van der Waals surface area (Å²) in [5.74, 6) is 1.26. The van der Waals surface area contributed by atoms with E-state index >= 15 is 0 Å². The largest absolute Gasteiger partial charge is 0.493 e. The van der Waals surface area contributed by atoms with E-state index in [4.69, 9.17) is 14.2 Å². The van der Waals surface area contributed by atoms with Gasteiger partial charge in [-0.1, -0.05) is 18.2 Å². The second-order valence-corrected chi connectivity index (χ2v) is 7.98.